The lowest BCUT2D eigenvalue weighted by atomic mass is 10.0. The number of benzene rings is 1. The Morgan fingerprint density at radius 2 is 2.14 bits per heavy atom. The molecule has 8 nitrogen and oxygen atoms in total. The number of halogens is 2. The van der Waals surface area contributed by atoms with Gasteiger partial charge < -0.3 is 15.4 Å². The third-order valence-corrected chi connectivity index (χ3v) is 4.87. The standard InChI is InChI=1S/C17H18Cl2N6O2.C2H6/c18-10-8-11-13(3-7-27-15(11)12(19)9-10)20-4-1-5-21-16-23-14-2-6-22-25(14)17(26)24-16;1-2/h2,6,8-9,13,20H,1,3-5,7H2,(H2,21,23,24,26);1-2H3/t13-;/m1./s1. The molecule has 0 aliphatic carbocycles. The molecule has 0 unspecified atom stereocenters. The second-order valence-electron chi connectivity index (χ2n) is 6.22. The molecule has 1 aliphatic rings. The molecule has 0 saturated heterocycles. The van der Waals surface area contributed by atoms with Gasteiger partial charge in [0, 0.05) is 35.7 Å². The average molecular weight is 439 g/mol. The van der Waals surface area contributed by atoms with Crippen molar-refractivity contribution < 1.29 is 4.74 Å². The molecular formula is C19H24Cl2N6O2. The van der Waals surface area contributed by atoms with Crippen LogP contribution in [-0.2, 0) is 0 Å². The van der Waals surface area contributed by atoms with Gasteiger partial charge >= 0.3 is 5.69 Å². The molecule has 0 bridgehead atoms. The Balaban J connectivity index is 0.00000117. The van der Waals surface area contributed by atoms with Crippen LogP contribution < -0.4 is 21.1 Å². The molecule has 29 heavy (non-hydrogen) atoms. The van der Waals surface area contributed by atoms with Gasteiger partial charge in [0.05, 0.1) is 17.8 Å². The minimum Gasteiger partial charge on any atom is -0.492 e. The van der Waals surface area contributed by atoms with Crippen LogP contribution in [0.4, 0.5) is 5.95 Å². The van der Waals surface area contributed by atoms with Crippen molar-refractivity contribution in [2.24, 2.45) is 0 Å². The summed E-state index contributed by atoms with van der Waals surface area (Å²) in [6.07, 6.45) is 3.23. The fraction of sp³-hybridized carbons (Fsp3) is 0.421. The van der Waals surface area contributed by atoms with Crippen molar-refractivity contribution in [3.05, 3.63) is 50.5 Å². The maximum atomic E-state index is 11.8. The second-order valence-corrected chi connectivity index (χ2v) is 7.07. The molecule has 156 valence electrons. The van der Waals surface area contributed by atoms with Gasteiger partial charge in [0.15, 0.2) is 5.65 Å². The number of H-pyrrole nitrogens is 1. The number of nitrogens with one attached hydrogen (secondary N) is 3. The topological polar surface area (TPSA) is 96.3 Å². The highest BCUT2D eigenvalue weighted by Gasteiger charge is 2.23. The molecule has 0 amide bonds. The largest absolute Gasteiger partial charge is 0.492 e. The van der Waals surface area contributed by atoms with E-state index in [0.29, 0.717) is 40.5 Å². The van der Waals surface area contributed by atoms with E-state index in [2.05, 4.69) is 25.7 Å². The van der Waals surface area contributed by atoms with E-state index < -0.39 is 0 Å². The molecule has 0 radical (unpaired) electrons. The van der Waals surface area contributed by atoms with Gasteiger partial charge in [-0.3, -0.25) is 4.98 Å². The van der Waals surface area contributed by atoms with Gasteiger partial charge in [-0.25, -0.2) is 4.79 Å². The Kier molecular flexibility index (Phi) is 7.35. The molecule has 4 rings (SSSR count). The quantitative estimate of drug-likeness (QED) is 0.508. The first-order valence-electron chi connectivity index (χ1n) is 9.65. The SMILES string of the molecule is CC.O=c1[nH]c(NCCCN[C@@H]2CCOc3c(Cl)cc(Cl)cc32)nc2ccnn12. The molecule has 10 heteroatoms. The maximum absolute atomic E-state index is 11.8. The van der Waals surface area contributed by atoms with Crippen molar-refractivity contribution in [1.82, 2.24) is 24.9 Å². The summed E-state index contributed by atoms with van der Waals surface area (Å²) in [7, 11) is 0. The molecule has 3 aromatic rings. The summed E-state index contributed by atoms with van der Waals surface area (Å²) in [6.45, 7) is 6.05. The lowest BCUT2D eigenvalue weighted by molar-refractivity contribution is 0.253. The van der Waals surface area contributed by atoms with E-state index in [1.165, 1.54) is 10.7 Å². The molecule has 3 N–H and O–H groups in total. The number of ether oxygens (including phenoxy) is 1. The number of aromatic amines is 1. The fourth-order valence-corrected chi connectivity index (χ4v) is 3.69. The zero-order valence-electron chi connectivity index (χ0n) is 16.3. The van der Waals surface area contributed by atoms with Crippen LogP contribution >= 0.6 is 23.2 Å². The Hall–Kier alpha value is -2.29. The molecule has 0 saturated carbocycles. The summed E-state index contributed by atoms with van der Waals surface area (Å²) >= 11 is 12.3. The summed E-state index contributed by atoms with van der Waals surface area (Å²) in [4.78, 5) is 18.8. The number of fused-ring (bicyclic) bond motifs is 2. The van der Waals surface area contributed by atoms with Gasteiger partial charge in [-0.1, -0.05) is 37.0 Å². The van der Waals surface area contributed by atoms with Crippen LogP contribution in [-0.4, -0.2) is 39.3 Å². The molecule has 3 heterocycles. The zero-order chi connectivity index (χ0) is 20.8. The van der Waals surface area contributed by atoms with Crippen molar-refractivity contribution in [2.75, 3.05) is 25.0 Å². The molecule has 1 atom stereocenters. The highest BCUT2D eigenvalue weighted by molar-refractivity contribution is 6.35. The molecule has 1 aliphatic heterocycles. The third kappa shape index (κ3) is 5.01. The van der Waals surface area contributed by atoms with Gasteiger partial charge in [0.25, 0.3) is 0 Å². The van der Waals surface area contributed by atoms with Crippen LogP contribution in [0, 0.1) is 0 Å². The summed E-state index contributed by atoms with van der Waals surface area (Å²) in [5.74, 6) is 1.14. The molecule has 1 aromatic carbocycles. The van der Waals surface area contributed by atoms with Gasteiger partial charge in [-0.15, -0.1) is 0 Å². The Morgan fingerprint density at radius 1 is 1.31 bits per heavy atom. The number of rotatable bonds is 6. The highest BCUT2D eigenvalue weighted by atomic mass is 35.5. The highest BCUT2D eigenvalue weighted by Crippen LogP contribution is 2.39. The normalized spacial score (nSPS) is 15.2. The Labute approximate surface area is 178 Å². The van der Waals surface area contributed by atoms with E-state index in [9.17, 15) is 4.79 Å². The molecule has 0 fully saturated rings. The number of anilines is 1. The van der Waals surface area contributed by atoms with Crippen LogP contribution in [0.25, 0.3) is 5.65 Å². The van der Waals surface area contributed by atoms with Gasteiger partial charge in [-0.05, 0) is 25.1 Å². The number of hydrogen-bond acceptors (Lipinski definition) is 6. The predicted molar refractivity (Wildman–Crippen MR) is 115 cm³/mol. The van der Waals surface area contributed by atoms with E-state index in [-0.39, 0.29) is 11.7 Å². The first-order chi connectivity index (χ1) is 14.1. The minimum absolute atomic E-state index is 0.144. The fourth-order valence-electron chi connectivity index (χ4n) is 3.13. The monoisotopic (exact) mass is 438 g/mol. The van der Waals surface area contributed by atoms with Crippen molar-refractivity contribution in [3.8, 4) is 5.75 Å². The van der Waals surface area contributed by atoms with E-state index in [4.69, 9.17) is 27.9 Å². The van der Waals surface area contributed by atoms with Gasteiger partial charge in [0.1, 0.15) is 5.75 Å². The summed E-state index contributed by atoms with van der Waals surface area (Å²) in [5, 5.41) is 11.7. The summed E-state index contributed by atoms with van der Waals surface area (Å²) in [6, 6.07) is 5.42. The van der Waals surface area contributed by atoms with Crippen molar-refractivity contribution in [1.29, 1.82) is 0 Å². The van der Waals surface area contributed by atoms with Crippen molar-refractivity contribution in [2.45, 2.75) is 32.7 Å². The molecule has 0 spiro atoms. The Morgan fingerprint density at radius 3 is 2.97 bits per heavy atom. The third-order valence-electron chi connectivity index (χ3n) is 4.37. The van der Waals surface area contributed by atoms with Crippen LogP contribution in [0.5, 0.6) is 5.75 Å². The van der Waals surface area contributed by atoms with Crippen LogP contribution in [0.2, 0.25) is 10.0 Å². The lowest BCUT2D eigenvalue weighted by Gasteiger charge is -2.27. The van der Waals surface area contributed by atoms with Crippen molar-refractivity contribution in [3.63, 3.8) is 0 Å². The van der Waals surface area contributed by atoms with E-state index >= 15 is 0 Å². The zero-order valence-corrected chi connectivity index (χ0v) is 17.8. The first-order valence-corrected chi connectivity index (χ1v) is 10.4. The predicted octanol–water partition coefficient (Wildman–Crippen LogP) is 3.67. The van der Waals surface area contributed by atoms with Crippen molar-refractivity contribution >= 4 is 34.8 Å². The van der Waals surface area contributed by atoms with E-state index in [1.807, 2.05) is 19.9 Å². The minimum atomic E-state index is -0.321. The molecular weight excluding hydrogens is 415 g/mol. The molecule has 2 aromatic heterocycles. The summed E-state index contributed by atoms with van der Waals surface area (Å²) < 4.78 is 6.89. The lowest BCUT2D eigenvalue weighted by Crippen LogP contribution is -2.29. The number of nitrogens with zero attached hydrogens (tertiary/aromatic N) is 3. The van der Waals surface area contributed by atoms with E-state index in [1.54, 1.807) is 12.1 Å². The number of hydrogen-bond donors (Lipinski definition) is 3. The van der Waals surface area contributed by atoms with Crippen LogP contribution in [0.1, 0.15) is 38.3 Å². The Bertz CT molecular complexity index is 1020. The van der Waals surface area contributed by atoms with Crippen LogP contribution in [0.3, 0.4) is 0 Å². The maximum Gasteiger partial charge on any atom is 0.350 e. The second kappa shape index (κ2) is 9.96. The summed E-state index contributed by atoms with van der Waals surface area (Å²) in [5.41, 5.74) is 1.18. The van der Waals surface area contributed by atoms with Gasteiger partial charge in [-0.2, -0.15) is 14.6 Å². The smallest absolute Gasteiger partial charge is 0.350 e. The average Bonchev–Trinajstić information content (AvgIpc) is 3.19. The van der Waals surface area contributed by atoms with Gasteiger partial charge in [0.2, 0.25) is 5.95 Å². The van der Waals surface area contributed by atoms with E-state index in [0.717, 1.165) is 24.9 Å². The van der Waals surface area contributed by atoms with Crippen LogP contribution in [0.15, 0.2) is 29.2 Å². The first kappa shape index (κ1) is 21.4. The number of aromatic nitrogens is 4.